The molecule has 0 saturated heterocycles. The second-order valence-electron chi connectivity index (χ2n) is 6.66. The third kappa shape index (κ3) is 5.15. The van der Waals surface area contributed by atoms with Crippen molar-refractivity contribution in [3.8, 4) is 16.9 Å². The van der Waals surface area contributed by atoms with E-state index in [1.54, 1.807) is 24.0 Å². The van der Waals surface area contributed by atoms with E-state index in [1.807, 2.05) is 0 Å². The van der Waals surface area contributed by atoms with E-state index in [2.05, 4.69) is 26.9 Å². The highest BCUT2D eigenvalue weighted by molar-refractivity contribution is 6.01. The zero-order valence-corrected chi connectivity index (χ0v) is 16.7. The summed E-state index contributed by atoms with van der Waals surface area (Å²) in [6.07, 6.45) is -2.00. The number of nitrogens with zero attached hydrogens (tertiary/aromatic N) is 2. The Kier molecular flexibility index (Phi) is 6.50. The summed E-state index contributed by atoms with van der Waals surface area (Å²) in [6, 6.07) is 7.29. The van der Waals surface area contributed by atoms with Crippen molar-refractivity contribution in [1.29, 1.82) is 0 Å². The van der Waals surface area contributed by atoms with Gasteiger partial charge in [-0.2, -0.15) is 0 Å². The molecule has 164 valence electrons. The number of hydrogen-bond acceptors (Lipinski definition) is 5. The summed E-state index contributed by atoms with van der Waals surface area (Å²) < 4.78 is 43.1. The molecule has 0 aliphatic carbocycles. The van der Waals surface area contributed by atoms with Crippen molar-refractivity contribution in [2.45, 2.75) is 12.9 Å². The third-order valence-corrected chi connectivity index (χ3v) is 4.52. The molecule has 7 nitrogen and oxygen atoms in total. The maximum Gasteiger partial charge on any atom is 0.573 e. The lowest BCUT2D eigenvalue weighted by atomic mass is 9.99. The molecular formula is C21H21F3N4O3. The van der Waals surface area contributed by atoms with Gasteiger partial charge in [0.05, 0.1) is 29.7 Å². The van der Waals surface area contributed by atoms with Gasteiger partial charge in [0.15, 0.2) is 0 Å². The Labute approximate surface area is 176 Å². The number of imidazole rings is 1. The summed E-state index contributed by atoms with van der Waals surface area (Å²) in [7, 11) is 1.80. The number of nitrogens with one attached hydrogen (secondary N) is 2. The monoisotopic (exact) mass is 434 g/mol. The van der Waals surface area contributed by atoms with Crippen molar-refractivity contribution < 1.29 is 27.8 Å². The first-order valence-corrected chi connectivity index (χ1v) is 9.31. The highest BCUT2D eigenvalue weighted by Crippen LogP contribution is 2.36. The molecule has 10 heteroatoms. The van der Waals surface area contributed by atoms with E-state index in [4.69, 9.17) is 0 Å². The number of ether oxygens (including phenoxy) is 1. The topological polar surface area (TPSA) is 88.4 Å². The van der Waals surface area contributed by atoms with Crippen LogP contribution in [0.25, 0.3) is 22.2 Å². The molecule has 3 rings (SSSR count). The lowest BCUT2D eigenvalue weighted by Gasteiger charge is -2.17. The molecule has 1 amide bonds. The van der Waals surface area contributed by atoms with Gasteiger partial charge in [-0.15, -0.1) is 13.2 Å². The molecule has 0 atom stereocenters. The number of halogens is 3. The Morgan fingerprint density at radius 1 is 1.32 bits per heavy atom. The van der Waals surface area contributed by atoms with Crippen molar-refractivity contribution >= 4 is 22.6 Å². The molecule has 1 heterocycles. The summed E-state index contributed by atoms with van der Waals surface area (Å²) in [5.41, 5.74) is 4.05. The van der Waals surface area contributed by atoms with Crippen LogP contribution in [0.2, 0.25) is 0 Å². The van der Waals surface area contributed by atoms with E-state index in [0.717, 1.165) is 11.6 Å². The van der Waals surface area contributed by atoms with E-state index in [0.29, 0.717) is 27.9 Å². The Morgan fingerprint density at radius 2 is 2.03 bits per heavy atom. The number of rotatable bonds is 8. The van der Waals surface area contributed by atoms with Crippen LogP contribution in [0.1, 0.15) is 5.56 Å². The zero-order valence-electron chi connectivity index (χ0n) is 16.7. The molecule has 0 bridgehead atoms. The van der Waals surface area contributed by atoms with Crippen LogP contribution in [-0.2, 0) is 18.4 Å². The molecule has 0 aliphatic rings. The average molecular weight is 434 g/mol. The molecule has 0 radical (unpaired) electrons. The molecular weight excluding hydrogens is 413 g/mol. The van der Waals surface area contributed by atoms with E-state index >= 15 is 0 Å². The van der Waals surface area contributed by atoms with Gasteiger partial charge in [-0.1, -0.05) is 18.7 Å². The van der Waals surface area contributed by atoms with E-state index < -0.39 is 6.36 Å². The van der Waals surface area contributed by atoms with Crippen molar-refractivity contribution in [2.24, 2.45) is 7.05 Å². The quantitative estimate of drug-likeness (QED) is 0.474. The molecule has 1 aromatic heterocycles. The Bertz CT molecular complexity index is 1090. The first-order chi connectivity index (χ1) is 14.7. The maximum absolute atomic E-state index is 12.5. The summed E-state index contributed by atoms with van der Waals surface area (Å²) in [4.78, 5) is 16.1. The fraction of sp³-hybridized carbons (Fsp3) is 0.238. The minimum atomic E-state index is -4.77. The minimum Gasteiger partial charge on any atom is -0.406 e. The van der Waals surface area contributed by atoms with Gasteiger partial charge in [-0.05, 0) is 35.4 Å². The number of aliphatic hydroxyl groups is 1. The van der Waals surface area contributed by atoms with Gasteiger partial charge in [0.25, 0.3) is 0 Å². The lowest BCUT2D eigenvalue weighted by Crippen LogP contribution is -2.21. The van der Waals surface area contributed by atoms with Crippen LogP contribution in [0.15, 0.2) is 49.3 Å². The van der Waals surface area contributed by atoms with Crippen molar-refractivity contribution in [3.63, 3.8) is 0 Å². The second kappa shape index (κ2) is 9.09. The van der Waals surface area contributed by atoms with Crippen LogP contribution >= 0.6 is 0 Å². The number of anilines is 1. The highest BCUT2D eigenvalue weighted by atomic mass is 19.4. The molecule has 0 unspecified atom stereocenters. The Morgan fingerprint density at radius 3 is 2.65 bits per heavy atom. The fourth-order valence-corrected chi connectivity index (χ4v) is 3.22. The van der Waals surface area contributed by atoms with Gasteiger partial charge in [-0.3, -0.25) is 4.79 Å². The van der Waals surface area contributed by atoms with Gasteiger partial charge < -0.3 is 25.0 Å². The summed E-state index contributed by atoms with van der Waals surface area (Å²) in [5.74, 6) is -0.679. The van der Waals surface area contributed by atoms with E-state index in [9.17, 15) is 23.1 Å². The average Bonchev–Trinajstić information content (AvgIpc) is 3.11. The Hall–Kier alpha value is -3.53. The smallest absolute Gasteiger partial charge is 0.406 e. The SMILES string of the molecule is C=CC(=O)NCc1cc(-c2ccc(OC(F)(F)F)cc2)c2ncn(C)c2c1NCCO. The van der Waals surface area contributed by atoms with Gasteiger partial charge in [0.1, 0.15) is 5.75 Å². The second-order valence-corrected chi connectivity index (χ2v) is 6.66. The number of alkyl halides is 3. The molecule has 0 spiro atoms. The number of aliphatic hydroxyl groups excluding tert-OH is 1. The highest BCUT2D eigenvalue weighted by Gasteiger charge is 2.31. The van der Waals surface area contributed by atoms with Gasteiger partial charge in [0.2, 0.25) is 5.91 Å². The van der Waals surface area contributed by atoms with E-state index in [1.165, 1.54) is 24.3 Å². The van der Waals surface area contributed by atoms with Gasteiger partial charge in [-0.25, -0.2) is 4.98 Å². The zero-order chi connectivity index (χ0) is 22.6. The molecule has 31 heavy (non-hydrogen) atoms. The Balaban J connectivity index is 2.10. The predicted octanol–water partition coefficient (Wildman–Crippen LogP) is 3.35. The predicted molar refractivity (Wildman–Crippen MR) is 110 cm³/mol. The standard InChI is InChI=1S/C21H21F3N4O3/c1-3-17(30)26-11-14-10-16(13-4-6-15(7-5-13)31-21(22,23)24)19-20(28(2)12-27-19)18(14)25-8-9-29/h3-7,10,12,25,29H,1,8-9,11H2,2H3,(H,26,30). The number of carbonyl (C=O) groups excluding carboxylic acids is 1. The minimum absolute atomic E-state index is 0.0970. The van der Waals surface area contributed by atoms with Crippen LogP contribution in [-0.4, -0.2) is 40.1 Å². The fourth-order valence-electron chi connectivity index (χ4n) is 3.22. The van der Waals surface area contributed by atoms with Crippen LogP contribution in [0.3, 0.4) is 0 Å². The lowest BCUT2D eigenvalue weighted by molar-refractivity contribution is -0.274. The van der Waals surface area contributed by atoms with Gasteiger partial charge in [0, 0.05) is 25.7 Å². The molecule has 0 fully saturated rings. The molecule has 0 aliphatic heterocycles. The van der Waals surface area contributed by atoms with Crippen LogP contribution in [0, 0.1) is 0 Å². The summed E-state index contributed by atoms with van der Waals surface area (Å²) >= 11 is 0. The molecule has 0 saturated carbocycles. The number of aryl methyl sites for hydroxylation is 1. The number of benzene rings is 2. The number of carbonyl (C=O) groups is 1. The molecule has 3 N–H and O–H groups in total. The van der Waals surface area contributed by atoms with Crippen molar-refractivity contribution in [1.82, 2.24) is 14.9 Å². The number of fused-ring (bicyclic) bond motifs is 1. The maximum atomic E-state index is 12.5. The third-order valence-electron chi connectivity index (χ3n) is 4.52. The van der Waals surface area contributed by atoms with Crippen LogP contribution in [0.4, 0.5) is 18.9 Å². The number of amides is 1. The van der Waals surface area contributed by atoms with Crippen LogP contribution in [0.5, 0.6) is 5.75 Å². The number of hydrogen-bond donors (Lipinski definition) is 3. The van der Waals surface area contributed by atoms with E-state index in [-0.39, 0.29) is 31.4 Å². The summed E-state index contributed by atoms with van der Waals surface area (Å²) in [6.45, 7) is 3.79. The largest absolute Gasteiger partial charge is 0.573 e. The normalized spacial score (nSPS) is 11.4. The summed E-state index contributed by atoms with van der Waals surface area (Å²) in [5, 5.41) is 15.1. The van der Waals surface area contributed by atoms with Crippen LogP contribution < -0.4 is 15.4 Å². The molecule has 3 aromatic rings. The van der Waals surface area contributed by atoms with Gasteiger partial charge >= 0.3 is 6.36 Å². The number of aromatic nitrogens is 2. The first-order valence-electron chi connectivity index (χ1n) is 9.31. The first kappa shape index (κ1) is 22.2. The van der Waals surface area contributed by atoms with Crippen molar-refractivity contribution in [3.05, 3.63) is 54.9 Å². The molecule has 2 aromatic carbocycles. The van der Waals surface area contributed by atoms with Crippen molar-refractivity contribution in [2.75, 3.05) is 18.5 Å².